The lowest BCUT2D eigenvalue weighted by atomic mass is 10.1. The van der Waals surface area contributed by atoms with Crippen molar-refractivity contribution in [1.82, 2.24) is 14.6 Å². The lowest BCUT2D eigenvalue weighted by molar-refractivity contribution is 0.102. The van der Waals surface area contributed by atoms with Crippen molar-refractivity contribution in [1.29, 1.82) is 0 Å². The molecule has 2 heterocycles. The van der Waals surface area contributed by atoms with E-state index in [9.17, 15) is 13.6 Å². The highest BCUT2D eigenvalue weighted by molar-refractivity contribution is 6.08. The van der Waals surface area contributed by atoms with Crippen LogP contribution in [0.1, 0.15) is 22.5 Å². The summed E-state index contributed by atoms with van der Waals surface area (Å²) in [5, 5.41) is 6.69. The first-order valence-corrected chi connectivity index (χ1v) is 9.80. The Hall–Kier alpha value is -4.21. The third kappa shape index (κ3) is 4.14. The summed E-state index contributed by atoms with van der Waals surface area (Å²) in [5.74, 6) is 0.468. The molecule has 10 heteroatoms. The van der Waals surface area contributed by atoms with Gasteiger partial charge in [0.25, 0.3) is 12.3 Å². The van der Waals surface area contributed by atoms with Gasteiger partial charge in [-0.2, -0.15) is 5.10 Å². The number of carbonyl (C=O) groups is 1. The van der Waals surface area contributed by atoms with Crippen LogP contribution < -0.4 is 19.5 Å². The zero-order valence-corrected chi connectivity index (χ0v) is 18.0. The van der Waals surface area contributed by atoms with Crippen LogP contribution in [0.15, 0.2) is 54.7 Å². The predicted molar refractivity (Wildman–Crippen MR) is 117 cm³/mol. The maximum absolute atomic E-state index is 13.8. The lowest BCUT2D eigenvalue weighted by Gasteiger charge is -2.14. The van der Waals surface area contributed by atoms with E-state index in [1.54, 1.807) is 36.4 Å². The van der Waals surface area contributed by atoms with E-state index in [1.165, 1.54) is 33.6 Å². The molecule has 0 atom stereocenters. The van der Waals surface area contributed by atoms with E-state index in [1.807, 2.05) is 6.07 Å². The molecule has 8 nitrogen and oxygen atoms in total. The highest BCUT2D eigenvalue weighted by Crippen LogP contribution is 2.40. The Morgan fingerprint density at radius 3 is 2.24 bits per heavy atom. The van der Waals surface area contributed by atoms with Crippen molar-refractivity contribution in [2.24, 2.45) is 0 Å². The van der Waals surface area contributed by atoms with Crippen LogP contribution in [0, 0.1) is 0 Å². The van der Waals surface area contributed by atoms with Gasteiger partial charge < -0.3 is 19.5 Å². The Morgan fingerprint density at radius 1 is 1.00 bits per heavy atom. The fourth-order valence-electron chi connectivity index (χ4n) is 3.41. The van der Waals surface area contributed by atoms with Crippen LogP contribution in [0.25, 0.3) is 16.9 Å². The first kappa shape index (κ1) is 22.0. The first-order chi connectivity index (χ1) is 16.0. The van der Waals surface area contributed by atoms with E-state index >= 15 is 0 Å². The van der Waals surface area contributed by atoms with Crippen LogP contribution in [-0.2, 0) is 0 Å². The number of aromatic nitrogens is 3. The number of nitrogens with zero attached hydrogens (tertiary/aromatic N) is 3. The van der Waals surface area contributed by atoms with Crippen molar-refractivity contribution in [3.63, 3.8) is 0 Å². The van der Waals surface area contributed by atoms with Crippen molar-refractivity contribution in [2.75, 3.05) is 26.6 Å². The Morgan fingerprint density at radius 2 is 1.67 bits per heavy atom. The quantitative estimate of drug-likeness (QED) is 0.439. The van der Waals surface area contributed by atoms with E-state index in [4.69, 9.17) is 14.2 Å². The first-order valence-electron chi connectivity index (χ1n) is 9.80. The van der Waals surface area contributed by atoms with Gasteiger partial charge in [0.15, 0.2) is 17.1 Å². The zero-order valence-electron chi connectivity index (χ0n) is 18.0. The molecule has 0 unspecified atom stereocenters. The molecule has 33 heavy (non-hydrogen) atoms. The van der Waals surface area contributed by atoms with Gasteiger partial charge in [-0.1, -0.05) is 30.3 Å². The van der Waals surface area contributed by atoms with Crippen LogP contribution in [-0.4, -0.2) is 41.8 Å². The van der Waals surface area contributed by atoms with E-state index in [2.05, 4.69) is 15.4 Å². The van der Waals surface area contributed by atoms with Crippen LogP contribution in [0.2, 0.25) is 0 Å². The highest BCUT2D eigenvalue weighted by atomic mass is 19.3. The Labute approximate surface area is 187 Å². The highest BCUT2D eigenvalue weighted by Gasteiger charge is 2.22. The number of amides is 1. The number of rotatable bonds is 7. The normalized spacial score (nSPS) is 11.0. The SMILES string of the molecule is COc1cc(NC(=O)c2cnn3c(C(F)F)cc(-c4ccccc4)nc23)cc(OC)c1OC. The number of alkyl halides is 2. The molecule has 0 aliphatic rings. The smallest absolute Gasteiger partial charge is 0.280 e. The molecular weight excluding hydrogens is 434 g/mol. The van der Waals surface area contributed by atoms with Gasteiger partial charge in [-0.3, -0.25) is 4.79 Å². The molecule has 0 aliphatic heterocycles. The maximum Gasteiger partial charge on any atom is 0.280 e. The average molecular weight is 454 g/mol. The molecule has 170 valence electrons. The second-order valence-corrected chi connectivity index (χ2v) is 6.89. The fourth-order valence-corrected chi connectivity index (χ4v) is 3.41. The standard InChI is InChI=1S/C23H20F2N4O4/c1-31-18-9-14(10-19(32-2)20(18)33-3)27-23(30)15-12-26-29-17(21(24)25)11-16(28-22(15)29)13-7-5-4-6-8-13/h4-12,21H,1-3H3,(H,27,30). The van der Waals surface area contributed by atoms with Gasteiger partial charge in [0.05, 0.1) is 33.2 Å². The van der Waals surface area contributed by atoms with Crippen LogP contribution in [0.4, 0.5) is 14.5 Å². The number of hydrogen-bond donors (Lipinski definition) is 1. The molecule has 0 spiro atoms. The minimum Gasteiger partial charge on any atom is -0.493 e. The van der Waals surface area contributed by atoms with Crippen LogP contribution in [0.3, 0.4) is 0 Å². The molecule has 0 fully saturated rings. The van der Waals surface area contributed by atoms with Gasteiger partial charge in [-0.25, -0.2) is 18.3 Å². The maximum atomic E-state index is 13.8. The van der Waals surface area contributed by atoms with E-state index in [0.29, 0.717) is 34.2 Å². The van der Waals surface area contributed by atoms with Crippen molar-refractivity contribution in [3.05, 3.63) is 66.0 Å². The van der Waals surface area contributed by atoms with Crippen LogP contribution in [0.5, 0.6) is 17.2 Å². The van der Waals surface area contributed by atoms with Crippen LogP contribution >= 0.6 is 0 Å². The van der Waals surface area contributed by atoms with Crippen molar-refractivity contribution in [2.45, 2.75) is 6.43 Å². The summed E-state index contributed by atoms with van der Waals surface area (Å²) in [7, 11) is 4.37. The van der Waals surface area contributed by atoms with Gasteiger partial charge in [0.2, 0.25) is 5.75 Å². The van der Waals surface area contributed by atoms with Crippen molar-refractivity contribution < 1.29 is 27.8 Å². The zero-order chi connectivity index (χ0) is 23.5. The third-order valence-electron chi connectivity index (χ3n) is 4.96. The molecule has 4 aromatic rings. The number of fused-ring (bicyclic) bond motifs is 1. The largest absolute Gasteiger partial charge is 0.493 e. The summed E-state index contributed by atoms with van der Waals surface area (Å²) in [5.41, 5.74) is 0.965. The Balaban J connectivity index is 1.77. The molecule has 0 radical (unpaired) electrons. The van der Waals surface area contributed by atoms with Gasteiger partial charge in [0, 0.05) is 23.4 Å². The molecule has 0 aliphatic carbocycles. The molecule has 2 aromatic carbocycles. The average Bonchev–Trinajstić information content (AvgIpc) is 3.27. The van der Waals surface area contributed by atoms with E-state index in [-0.39, 0.29) is 16.9 Å². The molecule has 0 saturated carbocycles. The third-order valence-corrected chi connectivity index (χ3v) is 4.96. The molecule has 1 amide bonds. The second-order valence-electron chi connectivity index (χ2n) is 6.89. The number of anilines is 1. The van der Waals surface area contributed by atoms with Crippen molar-refractivity contribution in [3.8, 4) is 28.5 Å². The summed E-state index contributed by atoms with van der Waals surface area (Å²) < 4.78 is 44.4. The summed E-state index contributed by atoms with van der Waals surface area (Å²) in [6, 6.07) is 13.2. The number of ether oxygens (including phenoxy) is 3. The summed E-state index contributed by atoms with van der Waals surface area (Å²) in [4.78, 5) is 17.5. The van der Waals surface area contributed by atoms with Gasteiger partial charge in [-0.15, -0.1) is 0 Å². The number of nitrogens with one attached hydrogen (secondary N) is 1. The number of halogens is 2. The van der Waals surface area contributed by atoms with E-state index < -0.39 is 12.3 Å². The number of carbonyl (C=O) groups excluding carboxylic acids is 1. The molecule has 2 aromatic heterocycles. The summed E-state index contributed by atoms with van der Waals surface area (Å²) in [6.07, 6.45) is -1.61. The van der Waals surface area contributed by atoms with Crippen molar-refractivity contribution >= 4 is 17.2 Å². The van der Waals surface area contributed by atoms with Gasteiger partial charge >= 0.3 is 0 Å². The minimum absolute atomic E-state index is 0.0107. The predicted octanol–water partition coefficient (Wildman–Crippen LogP) is 4.61. The fraction of sp³-hybridized carbons (Fsp3) is 0.174. The number of benzene rings is 2. The Bertz CT molecular complexity index is 1280. The Kier molecular flexibility index (Phi) is 6.07. The molecule has 0 saturated heterocycles. The number of hydrogen-bond acceptors (Lipinski definition) is 6. The summed E-state index contributed by atoms with van der Waals surface area (Å²) >= 11 is 0. The second kappa shape index (κ2) is 9.11. The molecule has 4 rings (SSSR count). The van der Waals surface area contributed by atoms with Gasteiger partial charge in [-0.05, 0) is 6.07 Å². The summed E-state index contributed by atoms with van der Waals surface area (Å²) in [6.45, 7) is 0. The number of methoxy groups -OCH3 is 3. The minimum atomic E-state index is -2.82. The monoisotopic (exact) mass is 454 g/mol. The molecular formula is C23H20F2N4O4. The molecule has 1 N–H and O–H groups in total. The lowest BCUT2D eigenvalue weighted by Crippen LogP contribution is -2.13. The topological polar surface area (TPSA) is 87.0 Å². The van der Waals surface area contributed by atoms with Gasteiger partial charge in [0.1, 0.15) is 11.3 Å². The van der Waals surface area contributed by atoms with E-state index in [0.717, 1.165) is 4.52 Å². The molecule has 0 bridgehead atoms.